The van der Waals surface area contributed by atoms with Crippen LogP contribution in [-0.2, 0) is 11.2 Å². The summed E-state index contributed by atoms with van der Waals surface area (Å²) >= 11 is 1.15. The van der Waals surface area contributed by atoms with Gasteiger partial charge in [-0.25, -0.2) is 9.78 Å². The van der Waals surface area contributed by atoms with Crippen LogP contribution in [0.1, 0.15) is 30.0 Å². The Labute approximate surface area is 130 Å². The number of non-ortho nitro benzene ring substituents is 1. The lowest BCUT2D eigenvalue weighted by atomic mass is 10.2. The van der Waals surface area contributed by atoms with E-state index in [1.165, 1.54) is 18.2 Å². The highest BCUT2D eigenvalue weighted by Gasteiger charge is 2.19. The molecule has 1 aromatic heterocycles. The number of nitrogens with one attached hydrogen (secondary N) is 1. The van der Waals surface area contributed by atoms with Crippen molar-refractivity contribution in [3.05, 3.63) is 39.7 Å². The number of nitrogens with zero attached hydrogens (tertiary/aromatic N) is 3. The molecule has 0 saturated carbocycles. The molecule has 0 aliphatic heterocycles. The molecule has 2 rings (SSSR count). The van der Waals surface area contributed by atoms with Gasteiger partial charge >= 0.3 is 5.97 Å². The van der Waals surface area contributed by atoms with Crippen molar-refractivity contribution < 1.29 is 14.5 Å². The number of hydrogen-bond acceptors (Lipinski definition) is 7. The van der Waals surface area contributed by atoms with Gasteiger partial charge in [-0.3, -0.25) is 15.2 Å². The van der Waals surface area contributed by atoms with Crippen molar-refractivity contribution in [3.8, 4) is 0 Å². The number of carbonyl (C=O) groups excluding carboxylic acids is 1. The predicted octanol–water partition coefficient (Wildman–Crippen LogP) is 2.60. The Kier molecular flexibility index (Phi) is 5.10. The normalized spacial score (nSPS) is 10.5. The van der Waals surface area contributed by atoms with Gasteiger partial charge in [0.2, 0.25) is 5.16 Å². The zero-order chi connectivity index (χ0) is 16.1. The summed E-state index contributed by atoms with van der Waals surface area (Å²) in [6.07, 6.45) is 0.707. The second kappa shape index (κ2) is 7.03. The third-order valence-corrected chi connectivity index (χ3v) is 3.66. The van der Waals surface area contributed by atoms with Crippen LogP contribution in [-0.4, -0.2) is 32.7 Å². The number of H-pyrrole nitrogens is 1. The fraction of sp³-hybridized carbons (Fsp3) is 0.308. The molecule has 0 fully saturated rings. The van der Waals surface area contributed by atoms with Gasteiger partial charge in [0.25, 0.3) is 5.69 Å². The molecule has 1 aromatic carbocycles. The standard InChI is InChI=1S/C13H14N4O4S/c1-3-11-14-13(16-15-11)22-10-6-5-8(17(19)20)7-9(10)12(18)21-4-2/h5-7H,3-4H2,1-2H3,(H,14,15,16). The van der Waals surface area contributed by atoms with Crippen molar-refractivity contribution in [1.82, 2.24) is 15.2 Å². The van der Waals surface area contributed by atoms with Gasteiger partial charge in [0, 0.05) is 23.4 Å². The molecule has 2 aromatic rings. The van der Waals surface area contributed by atoms with Gasteiger partial charge in [-0.1, -0.05) is 6.92 Å². The van der Waals surface area contributed by atoms with Crippen molar-refractivity contribution in [2.75, 3.05) is 6.61 Å². The number of aryl methyl sites for hydroxylation is 1. The Hall–Kier alpha value is -2.42. The van der Waals surface area contributed by atoms with E-state index in [0.717, 1.165) is 17.6 Å². The largest absolute Gasteiger partial charge is 0.462 e. The molecule has 9 heteroatoms. The molecule has 0 amide bonds. The van der Waals surface area contributed by atoms with E-state index in [-0.39, 0.29) is 17.9 Å². The molecule has 0 atom stereocenters. The number of rotatable bonds is 6. The highest BCUT2D eigenvalue weighted by molar-refractivity contribution is 7.99. The van der Waals surface area contributed by atoms with E-state index in [2.05, 4.69) is 15.2 Å². The predicted molar refractivity (Wildman–Crippen MR) is 78.9 cm³/mol. The minimum Gasteiger partial charge on any atom is -0.462 e. The van der Waals surface area contributed by atoms with Gasteiger partial charge < -0.3 is 4.74 Å². The van der Waals surface area contributed by atoms with Crippen LogP contribution in [0, 0.1) is 10.1 Å². The summed E-state index contributed by atoms with van der Waals surface area (Å²) in [7, 11) is 0. The minimum absolute atomic E-state index is 0.129. The van der Waals surface area contributed by atoms with Crippen molar-refractivity contribution >= 4 is 23.4 Å². The molecule has 0 aliphatic rings. The minimum atomic E-state index is -0.611. The first-order valence-electron chi connectivity index (χ1n) is 6.59. The van der Waals surface area contributed by atoms with Gasteiger partial charge in [-0.05, 0) is 24.8 Å². The number of hydrogen-bond donors (Lipinski definition) is 1. The van der Waals surface area contributed by atoms with Crippen LogP contribution in [0.2, 0.25) is 0 Å². The maximum Gasteiger partial charge on any atom is 0.339 e. The lowest BCUT2D eigenvalue weighted by Crippen LogP contribution is -2.07. The van der Waals surface area contributed by atoms with Crippen LogP contribution in [0.5, 0.6) is 0 Å². The van der Waals surface area contributed by atoms with Gasteiger partial charge in [-0.15, -0.1) is 5.10 Å². The SMILES string of the molecule is CCOC(=O)c1cc([N+](=O)[O-])ccc1Sc1n[nH]c(CC)n1. The highest BCUT2D eigenvalue weighted by Crippen LogP contribution is 2.31. The van der Waals surface area contributed by atoms with Crippen LogP contribution >= 0.6 is 11.8 Å². The quantitative estimate of drug-likeness (QED) is 0.494. The van der Waals surface area contributed by atoms with Gasteiger partial charge in [0.05, 0.1) is 17.1 Å². The number of aromatic nitrogens is 3. The molecular weight excluding hydrogens is 308 g/mol. The van der Waals surface area contributed by atoms with E-state index in [9.17, 15) is 14.9 Å². The number of esters is 1. The molecular formula is C13H14N4O4S. The summed E-state index contributed by atoms with van der Waals surface area (Å²) < 4.78 is 4.94. The molecule has 0 unspecified atom stereocenters. The average Bonchev–Trinajstić information content (AvgIpc) is 2.95. The number of carbonyl (C=O) groups is 1. The van der Waals surface area contributed by atoms with Crippen LogP contribution in [0.4, 0.5) is 5.69 Å². The smallest absolute Gasteiger partial charge is 0.339 e. The summed E-state index contributed by atoms with van der Waals surface area (Å²) in [6, 6.07) is 4.03. The number of nitro benzene ring substituents is 1. The van der Waals surface area contributed by atoms with E-state index in [0.29, 0.717) is 16.5 Å². The van der Waals surface area contributed by atoms with Crippen LogP contribution in [0.15, 0.2) is 28.3 Å². The van der Waals surface area contributed by atoms with Gasteiger partial charge in [0.15, 0.2) is 0 Å². The number of aromatic amines is 1. The van der Waals surface area contributed by atoms with Crippen LogP contribution < -0.4 is 0 Å². The first-order chi connectivity index (χ1) is 10.5. The summed E-state index contributed by atoms with van der Waals surface area (Å²) in [6.45, 7) is 3.79. The molecule has 0 saturated heterocycles. The molecule has 116 valence electrons. The molecule has 1 heterocycles. The molecule has 0 bridgehead atoms. The maximum atomic E-state index is 12.0. The second-order valence-electron chi connectivity index (χ2n) is 4.18. The number of ether oxygens (including phenoxy) is 1. The Morgan fingerprint density at radius 3 is 2.82 bits per heavy atom. The summed E-state index contributed by atoms with van der Waals surface area (Å²) in [4.78, 5) is 27.0. The highest BCUT2D eigenvalue weighted by atomic mass is 32.2. The summed E-state index contributed by atoms with van der Waals surface area (Å²) in [5, 5.41) is 18.1. The maximum absolute atomic E-state index is 12.0. The second-order valence-corrected chi connectivity index (χ2v) is 5.19. The van der Waals surface area contributed by atoms with Crippen LogP contribution in [0.25, 0.3) is 0 Å². The van der Waals surface area contributed by atoms with Crippen molar-refractivity contribution in [1.29, 1.82) is 0 Å². The summed E-state index contributed by atoms with van der Waals surface area (Å²) in [5.74, 6) is 0.113. The topological polar surface area (TPSA) is 111 Å². The van der Waals surface area contributed by atoms with Gasteiger partial charge in [0.1, 0.15) is 5.82 Å². The van der Waals surface area contributed by atoms with E-state index in [4.69, 9.17) is 4.74 Å². The fourth-order valence-corrected chi connectivity index (χ4v) is 2.50. The van der Waals surface area contributed by atoms with Crippen molar-refractivity contribution in [2.45, 2.75) is 30.3 Å². The lowest BCUT2D eigenvalue weighted by molar-refractivity contribution is -0.384. The Balaban J connectivity index is 2.36. The Morgan fingerprint density at radius 2 is 2.23 bits per heavy atom. The first-order valence-corrected chi connectivity index (χ1v) is 7.41. The van der Waals surface area contributed by atoms with E-state index >= 15 is 0 Å². The zero-order valence-electron chi connectivity index (χ0n) is 12.0. The number of nitro groups is 1. The zero-order valence-corrected chi connectivity index (χ0v) is 12.8. The molecule has 22 heavy (non-hydrogen) atoms. The third-order valence-electron chi connectivity index (χ3n) is 2.72. The fourth-order valence-electron chi connectivity index (χ4n) is 1.67. The lowest BCUT2D eigenvalue weighted by Gasteiger charge is -2.06. The Bertz CT molecular complexity index is 701. The molecule has 8 nitrogen and oxygen atoms in total. The molecule has 1 N–H and O–H groups in total. The van der Waals surface area contributed by atoms with E-state index < -0.39 is 10.9 Å². The molecule has 0 radical (unpaired) electrons. The molecule has 0 aliphatic carbocycles. The van der Waals surface area contributed by atoms with Crippen molar-refractivity contribution in [3.63, 3.8) is 0 Å². The van der Waals surface area contributed by atoms with Crippen molar-refractivity contribution in [2.24, 2.45) is 0 Å². The Morgan fingerprint density at radius 1 is 1.45 bits per heavy atom. The summed E-state index contributed by atoms with van der Waals surface area (Å²) in [5.41, 5.74) is -0.0412. The van der Waals surface area contributed by atoms with E-state index in [1.54, 1.807) is 6.92 Å². The van der Waals surface area contributed by atoms with Crippen LogP contribution in [0.3, 0.4) is 0 Å². The van der Waals surface area contributed by atoms with Gasteiger partial charge in [-0.2, -0.15) is 0 Å². The average molecular weight is 322 g/mol. The number of benzene rings is 1. The molecule has 0 spiro atoms. The monoisotopic (exact) mass is 322 g/mol. The first kappa shape index (κ1) is 16.0. The third kappa shape index (κ3) is 3.61. The van der Waals surface area contributed by atoms with E-state index in [1.807, 2.05) is 6.92 Å².